The lowest BCUT2D eigenvalue weighted by Crippen LogP contribution is -2.19. The summed E-state index contributed by atoms with van der Waals surface area (Å²) in [4.78, 5) is 21.7. The summed E-state index contributed by atoms with van der Waals surface area (Å²) < 4.78 is 0. The number of halogens is 1. The van der Waals surface area contributed by atoms with Gasteiger partial charge in [0.05, 0.1) is 0 Å². The Hall–Kier alpha value is -2.51. The summed E-state index contributed by atoms with van der Waals surface area (Å²) >= 11 is 6.47. The summed E-state index contributed by atoms with van der Waals surface area (Å²) in [5.74, 6) is 0. The van der Waals surface area contributed by atoms with Gasteiger partial charge in [0.25, 0.3) is 0 Å². The minimum atomic E-state index is -1.08. The van der Waals surface area contributed by atoms with E-state index in [9.17, 15) is 4.79 Å². The van der Waals surface area contributed by atoms with Crippen molar-refractivity contribution < 1.29 is 9.59 Å². The van der Waals surface area contributed by atoms with Crippen LogP contribution in [0.5, 0.6) is 0 Å². The summed E-state index contributed by atoms with van der Waals surface area (Å²) in [6.07, 6.45) is 2.77. The average Bonchev–Trinajstić information content (AvgIpc) is 2.50. The van der Waals surface area contributed by atoms with E-state index in [1.54, 1.807) is 6.08 Å². The van der Waals surface area contributed by atoms with Gasteiger partial charge in [0, 0.05) is 6.42 Å². The van der Waals surface area contributed by atoms with Crippen molar-refractivity contribution >= 4 is 23.8 Å². The van der Waals surface area contributed by atoms with Crippen molar-refractivity contribution in [2.75, 3.05) is 0 Å². The number of hydrogen-bond acceptors (Lipinski definition) is 4. The fourth-order valence-electron chi connectivity index (χ4n) is 1.84. The quantitative estimate of drug-likeness (QED) is 0.406. The van der Waals surface area contributed by atoms with Crippen molar-refractivity contribution in [3.8, 4) is 0 Å². The van der Waals surface area contributed by atoms with Crippen LogP contribution in [0, 0.1) is 5.41 Å². The number of aliphatic imine (C=N–C) groups is 1. The molecule has 0 saturated heterocycles. The molecule has 0 aliphatic carbocycles. The normalized spacial score (nSPS) is 11.9. The first-order valence-corrected chi connectivity index (χ1v) is 6.45. The average molecular weight is 301 g/mol. The van der Waals surface area contributed by atoms with Gasteiger partial charge in [0.1, 0.15) is 0 Å². The van der Waals surface area contributed by atoms with E-state index in [0.29, 0.717) is 6.42 Å². The molecule has 0 amide bonds. The second-order valence-electron chi connectivity index (χ2n) is 4.09. The number of carbonyl (C=O) groups excluding carboxylic acids is 2. The second kappa shape index (κ2) is 8.62. The molecule has 0 aromatic heterocycles. The molecule has 0 aliphatic heterocycles. The number of benzene rings is 2. The summed E-state index contributed by atoms with van der Waals surface area (Å²) in [7, 11) is 0. The molecule has 2 aromatic rings. The van der Waals surface area contributed by atoms with Gasteiger partial charge in [-0.25, -0.2) is 15.0 Å². The Labute approximate surface area is 127 Å². The lowest BCUT2D eigenvalue weighted by Gasteiger charge is -2.21. The lowest BCUT2D eigenvalue weighted by molar-refractivity contribution is 0.548. The van der Waals surface area contributed by atoms with Gasteiger partial charge in [-0.05, 0) is 11.1 Å². The second-order valence-corrected chi connectivity index (χ2v) is 4.72. The van der Waals surface area contributed by atoms with Crippen molar-refractivity contribution in [3.63, 3.8) is 0 Å². The molecule has 4 nitrogen and oxygen atoms in total. The zero-order valence-corrected chi connectivity index (χ0v) is 11.9. The third-order valence-electron chi connectivity index (χ3n) is 2.72. The molecule has 5 heteroatoms. The van der Waals surface area contributed by atoms with Crippen LogP contribution in [0.15, 0.2) is 65.7 Å². The van der Waals surface area contributed by atoms with Crippen molar-refractivity contribution in [1.82, 2.24) is 0 Å². The summed E-state index contributed by atoms with van der Waals surface area (Å²) in [6, 6.07) is 19.1. The first-order valence-electron chi connectivity index (χ1n) is 6.07. The van der Waals surface area contributed by atoms with E-state index >= 15 is 0 Å². The lowest BCUT2D eigenvalue weighted by atomic mass is 9.99. The monoisotopic (exact) mass is 300 g/mol. The highest BCUT2D eigenvalue weighted by Gasteiger charge is 2.29. The van der Waals surface area contributed by atoms with Crippen LogP contribution in [0.1, 0.15) is 11.1 Å². The smallest absolute Gasteiger partial charge is 0.222 e. The van der Waals surface area contributed by atoms with Crippen molar-refractivity contribution in [1.29, 1.82) is 5.41 Å². The van der Waals surface area contributed by atoms with Crippen molar-refractivity contribution in [3.05, 3.63) is 71.8 Å². The van der Waals surface area contributed by atoms with Gasteiger partial charge < -0.3 is 0 Å². The molecule has 0 fully saturated rings. The highest BCUT2D eigenvalue weighted by Crippen LogP contribution is 2.34. The molecule has 1 unspecified atom stereocenters. The minimum Gasteiger partial charge on any atom is -0.222 e. The maximum Gasteiger partial charge on any atom is 0.237 e. The Bertz CT molecular complexity index is 634. The molecule has 1 atom stereocenters. The van der Waals surface area contributed by atoms with Gasteiger partial charge in [-0.1, -0.05) is 72.3 Å². The van der Waals surface area contributed by atoms with Crippen LogP contribution < -0.4 is 0 Å². The summed E-state index contributed by atoms with van der Waals surface area (Å²) in [5.41, 5.74) is 1.81. The Morgan fingerprint density at radius 2 is 1.48 bits per heavy atom. The number of nitrogens with zero attached hydrogens (tertiary/aromatic N) is 1. The number of isocyanates is 2. The number of rotatable bonds is 4. The van der Waals surface area contributed by atoms with Gasteiger partial charge in [-0.3, -0.25) is 0 Å². The Kier molecular flexibility index (Phi) is 6.79. The molecule has 1 N–H and O–H groups in total. The van der Waals surface area contributed by atoms with E-state index in [-0.39, 0.29) is 0 Å². The van der Waals surface area contributed by atoms with Crippen molar-refractivity contribution in [2.24, 2.45) is 4.99 Å². The third-order valence-corrected chi connectivity index (χ3v) is 3.16. The maximum absolute atomic E-state index is 10.6. The molecule has 0 saturated carbocycles. The molecule has 0 aliphatic rings. The van der Waals surface area contributed by atoms with E-state index in [4.69, 9.17) is 21.8 Å². The maximum atomic E-state index is 10.6. The molecular weight excluding hydrogens is 288 g/mol. The molecule has 0 heterocycles. The van der Waals surface area contributed by atoms with Crippen LogP contribution >= 0.6 is 11.6 Å². The fraction of sp³-hybridized carbons (Fsp3) is 0.125. The van der Waals surface area contributed by atoms with Crippen LogP contribution in [-0.2, 0) is 21.0 Å². The SMILES string of the molecule is N=C=O.O=C=NC(Cl)(Cc1ccccc1)c1ccccc1. The van der Waals surface area contributed by atoms with Crippen LogP contribution in [0.3, 0.4) is 0 Å². The predicted molar refractivity (Wildman–Crippen MR) is 80.7 cm³/mol. The molecule has 0 bridgehead atoms. The summed E-state index contributed by atoms with van der Waals surface area (Å²) in [6.45, 7) is 0. The van der Waals surface area contributed by atoms with Gasteiger partial charge >= 0.3 is 0 Å². The molecule has 21 heavy (non-hydrogen) atoms. The fourth-order valence-corrected chi connectivity index (χ4v) is 2.15. The molecule has 0 spiro atoms. The van der Waals surface area contributed by atoms with Crippen molar-refractivity contribution in [2.45, 2.75) is 11.4 Å². The first kappa shape index (κ1) is 16.5. The number of hydrogen-bond donors (Lipinski definition) is 1. The first-order chi connectivity index (χ1) is 10.2. The van der Waals surface area contributed by atoms with E-state index < -0.39 is 5.00 Å². The topological polar surface area (TPSA) is 70.3 Å². The van der Waals surface area contributed by atoms with Crippen LogP contribution in [-0.4, -0.2) is 12.2 Å². The zero-order valence-electron chi connectivity index (χ0n) is 11.1. The van der Waals surface area contributed by atoms with E-state index in [1.165, 1.54) is 0 Å². The Morgan fingerprint density at radius 1 is 1.00 bits per heavy atom. The Balaban J connectivity index is 0.000000677. The molecular formula is C16H13ClN2O2. The minimum absolute atomic E-state index is 0.453. The number of nitrogens with one attached hydrogen (secondary N) is 1. The van der Waals surface area contributed by atoms with Gasteiger partial charge in [-0.15, -0.1) is 0 Å². The van der Waals surface area contributed by atoms with E-state index in [1.807, 2.05) is 60.7 Å². The molecule has 106 valence electrons. The van der Waals surface area contributed by atoms with E-state index in [2.05, 4.69) is 4.99 Å². The van der Waals surface area contributed by atoms with Gasteiger partial charge in [0.2, 0.25) is 12.2 Å². The number of alkyl halides is 1. The molecule has 2 aromatic carbocycles. The van der Waals surface area contributed by atoms with Crippen LogP contribution in [0.2, 0.25) is 0 Å². The van der Waals surface area contributed by atoms with Crippen LogP contribution in [0.25, 0.3) is 0 Å². The Morgan fingerprint density at radius 3 is 1.95 bits per heavy atom. The standard InChI is InChI=1S/C15H12ClNO.CHNO/c16-15(17-12-18,14-9-5-2-6-10-14)11-13-7-3-1-4-8-13;2-1-3/h1-10H,11H2;2H. The van der Waals surface area contributed by atoms with E-state index in [0.717, 1.165) is 17.2 Å². The van der Waals surface area contributed by atoms with Gasteiger partial charge in [0.15, 0.2) is 5.00 Å². The largest absolute Gasteiger partial charge is 0.237 e. The predicted octanol–water partition coefficient (Wildman–Crippen LogP) is 3.56. The highest BCUT2D eigenvalue weighted by molar-refractivity contribution is 6.24. The van der Waals surface area contributed by atoms with Crippen LogP contribution in [0.4, 0.5) is 0 Å². The summed E-state index contributed by atoms with van der Waals surface area (Å²) in [5, 5.41) is 5.40. The molecule has 2 rings (SSSR count). The highest BCUT2D eigenvalue weighted by atomic mass is 35.5. The zero-order chi connectivity index (χ0) is 15.6. The third kappa shape index (κ3) is 5.17. The molecule has 0 radical (unpaired) electrons. The van der Waals surface area contributed by atoms with Gasteiger partial charge in [-0.2, -0.15) is 4.99 Å².